The quantitative estimate of drug-likeness (QED) is 0.495. The number of ether oxygens (including phenoxy) is 3. The van der Waals surface area contributed by atoms with Crippen molar-refractivity contribution in [2.45, 2.75) is 39.9 Å². The summed E-state index contributed by atoms with van der Waals surface area (Å²) in [6.07, 6.45) is 1.91. The molecule has 0 aliphatic rings. The maximum atomic E-state index is 5.74. The number of hydrogen-bond donors (Lipinski definition) is 0. The molecule has 3 nitrogen and oxygen atoms in total. The van der Waals surface area contributed by atoms with Crippen LogP contribution < -0.4 is 4.74 Å². The van der Waals surface area contributed by atoms with E-state index < -0.39 is 0 Å². The lowest BCUT2D eigenvalue weighted by molar-refractivity contribution is -0.140. The van der Waals surface area contributed by atoms with Crippen LogP contribution in [0, 0.1) is 0 Å². The second kappa shape index (κ2) is 8.50. The summed E-state index contributed by atoms with van der Waals surface area (Å²) in [5.41, 5.74) is 1.01. The van der Waals surface area contributed by atoms with Gasteiger partial charge in [-0.1, -0.05) is 13.3 Å². The molecule has 0 unspecified atom stereocenters. The Bertz CT molecular complexity index is 293. The Balaban J connectivity index is 2.63. The highest BCUT2D eigenvalue weighted by atomic mass is 32.1. The number of thiophene rings is 1. The smallest absolute Gasteiger partial charge is 0.188 e. The van der Waals surface area contributed by atoms with Crippen LogP contribution in [0.3, 0.4) is 0 Å². The predicted molar refractivity (Wildman–Crippen MR) is 70.7 cm³/mol. The highest BCUT2D eigenvalue weighted by Gasteiger charge is 2.17. The second-order valence-corrected chi connectivity index (χ2v) is 4.38. The number of unbranched alkanes of at least 4 members (excludes halogenated alkanes) is 1. The van der Waals surface area contributed by atoms with Gasteiger partial charge < -0.3 is 14.2 Å². The molecule has 0 spiro atoms. The van der Waals surface area contributed by atoms with Crippen LogP contribution in [0.1, 0.15) is 45.5 Å². The minimum absolute atomic E-state index is 0.298. The SMILES string of the molecule is CCCCOc1cscc1C(OCC)OCC. The van der Waals surface area contributed by atoms with Crippen LogP contribution in [0.25, 0.3) is 0 Å². The Kier molecular flexibility index (Phi) is 7.24. The van der Waals surface area contributed by atoms with Crippen molar-refractivity contribution in [3.05, 3.63) is 16.3 Å². The predicted octanol–water partition coefficient (Wildman–Crippen LogP) is 4.00. The summed E-state index contributed by atoms with van der Waals surface area (Å²) in [5.74, 6) is 0.898. The molecule has 1 rings (SSSR count). The minimum Gasteiger partial charge on any atom is -0.492 e. The van der Waals surface area contributed by atoms with Crippen molar-refractivity contribution in [1.29, 1.82) is 0 Å². The lowest BCUT2D eigenvalue weighted by Crippen LogP contribution is -2.09. The molecule has 0 atom stereocenters. The Morgan fingerprint density at radius 3 is 2.41 bits per heavy atom. The lowest BCUT2D eigenvalue weighted by Gasteiger charge is -2.17. The topological polar surface area (TPSA) is 27.7 Å². The first kappa shape index (κ1) is 14.5. The van der Waals surface area contributed by atoms with Crippen LogP contribution in [0.2, 0.25) is 0 Å². The highest BCUT2D eigenvalue weighted by Crippen LogP contribution is 2.32. The molecule has 1 heterocycles. The average molecular weight is 258 g/mol. The third kappa shape index (κ3) is 4.66. The van der Waals surface area contributed by atoms with Crippen molar-refractivity contribution in [2.75, 3.05) is 19.8 Å². The van der Waals surface area contributed by atoms with Gasteiger partial charge in [-0.05, 0) is 20.3 Å². The molecule has 0 aliphatic carbocycles. The fourth-order valence-corrected chi connectivity index (χ4v) is 2.21. The third-order valence-electron chi connectivity index (χ3n) is 2.30. The van der Waals surface area contributed by atoms with Gasteiger partial charge >= 0.3 is 0 Å². The van der Waals surface area contributed by atoms with Gasteiger partial charge in [-0.25, -0.2) is 0 Å². The van der Waals surface area contributed by atoms with Crippen molar-refractivity contribution in [2.24, 2.45) is 0 Å². The van der Waals surface area contributed by atoms with Gasteiger partial charge in [0.1, 0.15) is 5.75 Å². The summed E-state index contributed by atoms with van der Waals surface area (Å²) in [7, 11) is 0. The zero-order valence-electron chi connectivity index (χ0n) is 10.9. The van der Waals surface area contributed by atoms with E-state index in [2.05, 4.69) is 6.92 Å². The molecule has 17 heavy (non-hydrogen) atoms. The Hall–Kier alpha value is -0.580. The first-order chi connectivity index (χ1) is 8.33. The molecule has 1 aromatic rings. The largest absolute Gasteiger partial charge is 0.492 e. The van der Waals surface area contributed by atoms with Crippen LogP contribution in [0.4, 0.5) is 0 Å². The van der Waals surface area contributed by atoms with Crippen molar-refractivity contribution < 1.29 is 14.2 Å². The molecular weight excluding hydrogens is 236 g/mol. The van der Waals surface area contributed by atoms with Gasteiger partial charge in [-0.2, -0.15) is 0 Å². The Morgan fingerprint density at radius 1 is 1.12 bits per heavy atom. The number of rotatable bonds is 9. The van der Waals surface area contributed by atoms with E-state index in [1.54, 1.807) is 11.3 Å². The Morgan fingerprint density at radius 2 is 1.82 bits per heavy atom. The van der Waals surface area contributed by atoms with Gasteiger partial charge in [0.25, 0.3) is 0 Å². The molecule has 0 radical (unpaired) electrons. The van der Waals surface area contributed by atoms with E-state index in [0.717, 1.165) is 30.8 Å². The van der Waals surface area contributed by atoms with Crippen LogP contribution in [0.5, 0.6) is 5.75 Å². The second-order valence-electron chi connectivity index (χ2n) is 3.64. The molecule has 1 aromatic heterocycles. The summed E-state index contributed by atoms with van der Waals surface area (Å²) in [5, 5.41) is 4.05. The molecular formula is C13H22O3S. The van der Waals surface area contributed by atoms with Crippen LogP contribution >= 0.6 is 11.3 Å². The first-order valence-electron chi connectivity index (χ1n) is 6.25. The van der Waals surface area contributed by atoms with Crippen molar-refractivity contribution in [1.82, 2.24) is 0 Å². The molecule has 4 heteroatoms. The van der Waals surface area contributed by atoms with Gasteiger partial charge in [0.15, 0.2) is 6.29 Å². The van der Waals surface area contributed by atoms with E-state index in [4.69, 9.17) is 14.2 Å². The lowest BCUT2D eigenvalue weighted by atomic mass is 10.3. The maximum Gasteiger partial charge on any atom is 0.188 e. The standard InChI is InChI=1S/C13H22O3S/c1-4-7-8-16-12-10-17-9-11(12)13(14-5-2)15-6-3/h9-10,13H,4-8H2,1-3H3. The van der Waals surface area contributed by atoms with E-state index >= 15 is 0 Å². The molecule has 0 amide bonds. The first-order valence-corrected chi connectivity index (χ1v) is 7.19. The molecule has 0 bridgehead atoms. The zero-order valence-corrected chi connectivity index (χ0v) is 11.7. The molecule has 0 fully saturated rings. The highest BCUT2D eigenvalue weighted by molar-refractivity contribution is 7.08. The normalized spacial score (nSPS) is 11.1. The zero-order chi connectivity index (χ0) is 12.5. The molecule has 0 saturated heterocycles. The van der Waals surface area contributed by atoms with E-state index in [9.17, 15) is 0 Å². The summed E-state index contributed by atoms with van der Waals surface area (Å²) >= 11 is 1.62. The van der Waals surface area contributed by atoms with E-state index in [0.29, 0.717) is 13.2 Å². The summed E-state index contributed by atoms with van der Waals surface area (Å²) in [6, 6.07) is 0. The molecule has 0 N–H and O–H groups in total. The summed E-state index contributed by atoms with van der Waals surface area (Å²) in [6.45, 7) is 8.11. The van der Waals surface area contributed by atoms with Crippen LogP contribution in [-0.2, 0) is 9.47 Å². The number of hydrogen-bond acceptors (Lipinski definition) is 4. The van der Waals surface area contributed by atoms with Gasteiger partial charge in [0.05, 0.1) is 12.2 Å². The summed E-state index contributed by atoms with van der Waals surface area (Å²) < 4.78 is 16.9. The maximum absolute atomic E-state index is 5.74. The van der Waals surface area contributed by atoms with Crippen molar-refractivity contribution in [3.63, 3.8) is 0 Å². The van der Waals surface area contributed by atoms with Gasteiger partial charge in [-0.15, -0.1) is 11.3 Å². The van der Waals surface area contributed by atoms with Gasteiger partial charge in [0.2, 0.25) is 0 Å². The molecule has 98 valence electrons. The average Bonchev–Trinajstić information content (AvgIpc) is 2.77. The minimum atomic E-state index is -0.298. The van der Waals surface area contributed by atoms with Gasteiger partial charge in [-0.3, -0.25) is 0 Å². The summed E-state index contributed by atoms with van der Waals surface area (Å²) in [4.78, 5) is 0. The van der Waals surface area contributed by atoms with E-state index in [1.807, 2.05) is 24.6 Å². The Labute approximate surface area is 108 Å². The van der Waals surface area contributed by atoms with Crippen molar-refractivity contribution in [3.8, 4) is 5.75 Å². The molecule has 0 aromatic carbocycles. The van der Waals surface area contributed by atoms with E-state index in [-0.39, 0.29) is 6.29 Å². The monoisotopic (exact) mass is 258 g/mol. The fourth-order valence-electron chi connectivity index (χ4n) is 1.44. The molecule has 0 aliphatic heterocycles. The van der Waals surface area contributed by atoms with Crippen LogP contribution in [0.15, 0.2) is 10.8 Å². The third-order valence-corrected chi connectivity index (χ3v) is 3.04. The molecule has 0 saturated carbocycles. The van der Waals surface area contributed by atoms with Gasteiger partial charge in [0, 0.05) is 24.0 Å². The van der Waals surface area contributed by atoms with Crippen molar-refractivity contribution >= 4 is 11.3 Å². The van der Waals surface area contributed by atoms with E-state index in [1.165, 1.54) is 0 Å². The fraction of sp³-hybridized carbons (Fsp3) is 0.692. The van der Waals surface area contributed by atoms with Crippen LogP contribution in [-0.4, -0.2) is 19.8 Å².